The molecule has 0 aliphatic carbocycles. The summed E-state index contributed by atoms with van der Waals surface area (Å²) in [6.45, 7) is 0.227. The normalized spacial score (nSPS) is 12.5. The van der Waals surface area contributed by atoms with Crippen LogP contribution in [-0.4, -0.2) is 11.1 Å². The Kier molecular flexibility index (Phi) is 3.33. The standard InChI is InChI=1S/C15H12N2O3/c18-15(20-11-12-4-2-1-3-5-12)17-8-9-19-14-10-16-7-6-13(14)17/h1-10H,11H2. The van der Waals surface area contributed by atoms with Gasteiger partial charge < -0.3 is 9.47 Å². The van der Waals surface area contributed by atoms with Gasteiger partial charge in [0.1, 0.15) is 12.9 Å². The van der Waals surface area contributed by atoms with Crippen LogP contribution in [0.5, 0.6) is 5.75 Å². The van der Waals surface area contributed by atoms with Gasteiger partial charge in [-0.1, -0.05) is 30.3 Å². The highest BCUT2D eigenvalue weighted by Crippen LogP contribution is 2.31. The van der Waals surface area contributed by atoms with E-state index in [4.69, 9.17) is 9.47 Å². The molecule has 1 aromatic carbocycles. The molecule has 1 amide bonds. The van der Waals surface area contributed by atoms with Crippen LogP contribution in [0.4, 0.5) is 10.5 Å². The predicted molar refractivity (Wildman–Crippen MR) is 73.1 cm³/mol. The van der Waals surface area contributed by atoms with Crippen molar-refractivity contribution in [2.45, 2.75) is 6.61 Å². The van der Waals surface area contributed by atoms with E-state index in [2.05, 4.69) is 4.98 Å². The Morgan fingerprint density at radius 2 is 2.10 bits per heavy atom. The van der Waals surface area contributed by atoms with E-state index in [0.717, 1.165) is 5.56 Å². The maximum atomic E-state index is 12.1. The summed E-state index contributed by atoms with van der Waals surface area (Å²) in [5.41, 5.74) is 1.55. The average molecular weight is 268 g/mol. The lowest BCUT2D eigenvalue weighted by atomic mass is 10.2. The van der Waals surface area contributed by atoms with Crippen LogP contribution >= 0.6 is 0 Å². The molecular weight excluding hydrogens is 256 g/mol. The molecule has 1 aromatic heterocycles. The van der Waals surface area contributed by atoms with Crippen LogP contribution in [0.25, 0.3) is 0 Å². The zero-order chi connectivity index (χ0) is 13.8. The lowest BCUT2D eigenvalue weighted by Gasteiger charge is -2.23. The first kappa shape index (κ1) is 12.2. The number of pyridine rings is 1. The van der Waals surface area contributed by atoms with Crippen molar-refractivity contribution in [3.63, 3.8) is 0 Å². The molecule has 1 aliphatic heterocycles. The Balaban J connectivity index is 1.71. The number of rotatable bonds is 2. The number of aromatic nitrogens is 1. The number of ether oxygens (including phenoxy) is 2. The predicted octanol–water partition coefficient (Wildman–Crippen LogP) is 3.09. The van der Waals surface area contributed by atoms with Gasteiger partial charge in [0.2, 0.25) is 0 Å². The summed E-state index contributed by atoms with van der Waals surface area (Å²) in [6.07, 6.45) is 5.64. The second-order valence-electron chi connectivity index (χ2n) is 4.16. The number of nitrogens with zero attached hydrogens (tertiary/aromatic N) is 2. The summed E-state index contributed by atoms with van der Waals surface area (Å²) in [5.74, 6) is 0.520. The van der Waals surface area contributed by atoms with Crippen LogP contribution in [-0.2, 0) is 11.3 Å². The summed E-state index contributed by atoms with van der Waals surface area (Å²) in [4.78, 5) is 17.5. The van der Waals surface area contributed by atoms with Crippen molar-refractivity contribution in [2.75, 3.05) is 4.90 Å². The second-order valence-corrected chi connectivity index (χ2v) is 4.16. The number of carbonyl (C=O) groups is 1. The highest BCUT2D eigenvalue weighted by Gasteiger charge is 2.21. The summed E-state index contributed by atoms with van der Waals surface area (Å²) >= 11 is 0. The number of hydrogen-bond acceptors (Lipinski definition) is 4. The molecule has 3 rings (SSSR count). The van der Waals surface area contributed by atoms with Crippen molar-refractivity contribution in [3.8, 4) is 5.75 Å². The van der Waals surface area contributed by atoms with Crippen molar-refractivity contribution < 1.29 is 14.3 Å². The van der Waals surface area contributed by atoms with Crippen LogP contribution in [0.1, 0.15) is 5.56 Å². The van der Waals surface area contributed by atoms with Crippen molar-refractivity contribution >= 4 is 11.8 Å². The van der Waals surface area contributed by atoms with E-state index in [1.165, 1.54) is 17.4 Å². The topological polar surface area (TPSA) is 51.7 Å². The fourth-order valence-corrected chi connectivity index (χ4v) is 1.86. The molecule has 0 saturated carbocycles. The van der Waals surface area contributed by atoms with Crippen molar-refractivity contribution in [1.82, 2.24) is 4.98 Å². The molecular formula is C15H12N2O3. The molecule has 5 nitrogen and oxygen atoms in total. The lowest BCUT2D eigenvalue weighted by Crippen LogP contribution is -2.28. The van der Waals surface area contributed by atoms with Gasteiger partial charge in [-0.05, 0) is 11.6 Å². The molecule has 0 N–H and O–H groups in total. The molecule has 5 heteroatoms. The second kappa shape index (κ2) is 5.44. The Morgan fingerprint density at radius 3 is 2.95 bits per heavy atom. The van der Waals surface area contributed by atoms with Crippen LogP contribution < -0.4 is 9.64 Å². The third-order valence-corrected chi connectivity index (χ3v) is 2.83. The molecule has 20 heavy (non-hydrogen) atoms. The van der Waals surface area contributed by atoms with Crippen LogP contribution in [0.15, 0.2) is 61.3 Å². The Labute approximate surface area is 116 Å². The number of benzene rings is 1. The highest BCUT2D eigenvalue weighted by molar-refractivity contribution is 5.91. The van der Waals surface area contributed by atoms with Gasteiger partial charge in [0.15, 0.2) is 5.75 Å². The van der Waals surface area contributed by atoms with Gasteiger partial charge in [0.05, 0.1) is 18.1 Å². The molecule has 2 heterocycles. The van der Waals surface area contributed by atoms with Crippen LogP contribution in [0.2, 0.25) is 0 Å². The van der Waals surface area contributed by atoms with E-state index >= 15 is 0 Å². The van der Waals surface area contributed by atoms with E-state index in [1.807, 2.05) is 30.3 Å². The fraction of sp³-hybridized carbons (Fsp3) is 0.0667. The molecule has 1 aliphatic rings. The summed E-state index contributed by atoms with van der Waals surface area (Å²) in [5, 5.41) is 0. The smallest absolute Gasteiger partial charge is 0.419 e. The van der Waals surface area contributed by atoms with Crippen molar-refractivity contribution in [1.29, 1.82) is 0 Å². The third kappa shape index (κ3) is 2.47. The van der Waals surface area contributed by atoms with Gasteiger partial charge in [0.25, 0.3) is 0 Å². The minimum Gasteiger partial charge on any atom is -0.460 e. The van der Waals surface area contributed by atoms with Gasteiger partial charge in [-0.2, -0.15) is 0 Å². The molecule has 0 fully saturated rings. The van der Waals surface area contributed by atoms with Crippen LogP contribution in [0, 0.1) is 0 Å². The molecule has 0 unspecified atom stereocenters. The molecule has 0 spiro atoms. The zero-order valence-electron chi connectivity index (χ0n) is 10.6. The SMILES string of the molecule is O=C(OCc1ccccc1)N1C=COc2cnccc21. The number of hydrogen-bond donors (Lipinski definition) is 0. The van der Waals surface area contributed by atoms with E-state index in [-0.39, 0.29) is 6.61 Å². The minimum atomic E-state index is -0.458. The monoisotopic (exact) mass is 268 g/mol. The largest absolute Gasteiger partial charge is 0.460 e. The first-order chi connectivity index (χ1) is 9.84. The van der Waals surface area contributed by atoms with Gasteiger partial charge in [-0.3, -0.25) is 4.98 Å². The van der Waals surface area contributed by atoms with Gasteiger partial charge in [0, 0.05) is 6.20 Å². The summed E-state index contributed by atoms with van der Waals surface area (Å²) < 4.78 is 10.6. The average Bonchev–Trinajstić information content (AvgIpc) is 2.53. The molecule has 0 saturated heterocycles. The van der Waals surface area contributed by atoms with Crippen LogP contribution in [0.3, 0.4) is 0 Å². The third-order valence-electron chi connectivity index (χ3n) is 2.83. The summed E-state index contributed by atoms with van der Waals surface area (Å²) in [6, 6.07) is 11.2. The highest BCUT2D eigenvalue weighted by atomic mass is 16.6. The fourth-order valence-electron chi connectivity index (χ4n) is 1.86. The zero-order valence-corrected chi connectivity index (χ0v) is 10.6. The molecule has 2 aromatic rings. The Hall–Kier alpha value is -2.82. The van der Waals surface area contributed by atoms with Crippen molar-refractivity contribution in [3.05, 3.63) is 66.8 Å². The van der Waals surface area contributed by atoms with Gasteiger partial charge in [-0.15, -0.1) is 0 Å². The van der Waals surface area contributed by atoms with E-state index in [0.29, 0.717) is 11.4 Å². The number of fused-ring (bicyclic) bond motifs is 1. The van der Waals surface area contributed by atoms with E-state index in [1.54, 1.807) is 18.5 Å². The number of anilines is 1. The van der Waals surface area contributed by atoms with Gasteiger partial charge in [-0.25, -0.2) is 9.69 Å². The number of amides is 1. The first-order valence-electron chi connectivity index (χ1n) is 6.12. The first-order valence-corrected chi connectivity index (χ1v) is 6.12. The molecule has 0 atom stereocenters. The van der Waals surface area contributed by atoms with E-state index < -0.39 is 6.09 Å². The maximum absolute atomic E-state index is 12.1. The molecule has 0 radical (unpaired) electrons. The van der Waals surface area contributed by atoms with E-state index in [9.17, 15) is 4.79 Å². The lowest BCUT2D eigenvalue weighted by molar-refractivity contribution is 0.149. The minimum absolute atomic E-state index is 0.227. The molecule has 100 valence electrons. The van der Waals surface area contributed by atoms with Crippen molar-refractivity contribution in [2.24, 2.45) is 0 Å². The quantitative estimate of drug-likeness (QED) is 0.839. The maximum Gasteiger partial charge on any atom is 0.419 e. The number of carbonyl (C=O) groups excluding carboxylic acids is 1. The Morgan fingerprint density at radius 1 is 1.25 bits per heavy atom. The summed E-state index contributed by atoms with van der Waals surface area (Å²) in [7, 11) is 0. The Bertz CT molecular complexity index is 641. The van der Waals surface area contributed by atoms with Gasteiger partial charge >= 0.3 is 6.09 Å². The molecule has 0 bridgehead atoms.